The lowest BCUT2D eigenvalue weighted by molar-refractivity contribution is 0.0619. The Morgan fingerprint density at radius 2 is 1.82 bits per heavy atom. The third-order valence-electron chi connectivity index (χ3n) is 2.08. The van der Waals surface area contributed by atoms with Crippen molar-refractivity contribution in [2.24, 2.45) is 0 Å². The highest BCUT2D eigenvalue weighted by atomic mass is 19.3. The summed E-state index contributed by atoms with van der Waals surface area (Å²) in [5.74, 6) is -3.10. The Labute approximate surface area is 94.8 Å². The van der Waals surface area contributed by atoms with Crippen molar-refractivity contribution >= 4 is 11.6 Å². The number of hydrogen-bond acceptors (Lipinski definition) is 2. The van der Waals surface area contributed by atoms with Gasteiger partial charge in [0.15, 0.2) is 0 Å². The molecular weight excluding hydrogens is 240 g/mol. The van der Waals surface area contributed by atoms with Crippen LogP contribution in [-0.4, -0.2) is 30.8 Å². The van der Waals surface area contributed by atoms with Gasteiger partial charge in [-0.25, -0.2) is 17.6 Å². The average Bonchev–Trinajstić information content (AvgIpc) is 2.23. The minimum absolute atomic E-state index is 0.364. The minimum Gasteiger partial charge on any atom is -0.394 e. The molecule has 0 radical (unpaired) electrons. The fraction of sp³-hybridized carbons (Fsp3) is 0.300. The maximum Gasteiger partial charge on any atom is 0.255 e. The van der Waals surface area contributed by atoms with E-state index in [0.29, 0.717) is 17.0 Å². The summed E-state index contributed by atoms with van der Waals surface area (Å²) in [5.41, 5.74) is 3.94. The number of amides is 1. The van der Waals surface area contributed by atoms with Crippen LogP contribution >= 0.6 is 0 Å². The number of carbonyl (C=O) groups is 1. The smallest absolute Gasteiger partial charge is 0.255 e. The number of carbonyl (C=O) groups excluding carboxylic acids is 1. The monoisotopic (exact) mass is 250 g/mol. The average molecular weight is 250 g/mol. The van der Waals surface area contributed by atoms with Crippen LogP contribution in [0.2, 0.25) is 0 Å². The van der Waals surface area contributed by atoms with Crippen molar-refractivity contribution in [3.63, 3.8) is 0 Å². The number of nitrogens with zero attached hydrogens (tertiary/aromatic N) is 1. The van der Waals surface area contributed by atoms with E-state index in [0.717, 1.165) is 7.05 Å². The van der Waals surface area contributed by atoms with Crippen molar-refractivity contribution in [1.29, 1.82) is 0 Å². The Balaban J connectivity index is 2.97. The van der Waals surface area contributed by atoms with Crippen molar-refractivity contribution in [1.82, 2.24) is 4.90 Å². The van der Waals surface area contributed by atoms with Gasteiger partial charge in [0.25, 0.3) is 12.3 Å². The summed E-state index contributed by atoms with van der Waals surface area (Å²) >= 11 is 0. The first-order valence-electron chi connectivity index (χ1n) is 4.61. The fourth-order valence-corrected chi connectivity index (χ4v) is 1.22. The van der Waals surface area contributed by atoms with E-state index in [9.17, 15) is 22.4 Å². The van der Waals surface area contributed by atoms with Gasteiger partial charge in [-0.05, 0) is 12.1 Å². The number of benzene rings is 1. The highest BCUT2D eigenvalue weighted by Crippen LogP contribution is 2.18. The molecule has 0 unspecified atom stereocenters. The lowest BCUT2D eigenvalue weighted by atomic mass is 10.1. The number of nitrogen functional groups attached to an aromatic ring is 1. The molecule has 3 nitrogen and oxygen atoms in total. The summed E-state index contributed by atoms with van der Waals surface area (Å²) < 4.78 is 50.1. The number of anilines is 1. The summed E-state index contributed by atoms with van der Waals surface area (Å²) in [6, 6.07) is 1.42. The molecule has 94 valence electrons. The van der Waals surface area contributed by atoms with Crippen LogP contribution < -0.4 is 5.73 Å². The van der Waals surface area contributed by atoms with E-state index in [4.69, 9.17) is 5.73 Å². The molecule has 1 aromatic rings. The Hall–Kier alpha value is -1.79. The van der Waals surface area contributed by atoms with Gasteiger partial charge in [0.05, 0.1) is 6.54 Å². The van der Waals surface area contributed by atoms with Crippen LogP contribution in [0, 0.1) is 11.6 Å². The molecule has 17 heavy (non-hydrogen) atoms. The van der Waals surface area contributed by atoms with Gasteiger partial charge in [0.2, 0.25) is 0 Å². The third kappa shape index (κ3) is 3.08. The minimum atomic E-state index is -2.72. The highest BCUT2D eigenvalue weighted by Gasteiger charge is 2.18. The van der Waals surface area contributed by atoms with Crippen molar-refractivity contribution in [3.8, 4) is 0 Å². The van der Waals surface area contributed by atoms with Gasteiger partial charge in [0.1, 0.15) is 17.3 Å². The second kappa shape index (κ2) is 5.03. The quantitative estimate of drug-likeness (QED) is 0.657. The van der Waals surface area contributed by atoms with E-state index in [1.165, 1.54) is 0 Å². The molecule has 0 spiro atoms. The van der Waals surface area contributed by atoms with Gasteiger partial charge in [-0.2, -0.15) is 0 Å². The van der Waals surface area contributed by atoms with Crippen molar-refractivity contribution in [3.05, 3.63) is 29.3 Å². The Morgan fingerprint density at radius 3 is 2.24 bits per heavy atom. The Morgan fingerprint density at radius 1 is 1.35 bits per heavy atom. The molecule has 2 N–H and O–H groups in total. The van der Waals surface area contributed by atoms with Crippen LogP contribution in [0.15, 0.2) is 12.1 Å². The largest absolute Gasteiger partial charge is 0.394 e. The molecule has 0 bridgehead atoms. The van der Waals surface area contributed by atoms with E-state index >= 15 is 0 Å². The van der Waals surface area contributed by atoms with Crippen molar-refractivity contribution < 1.29 is 22.4 Å². The molecule has 1 rings (SSSR count). The Bertz CT molecular complexity index is 413. The predicted molar refractivity (Wildman–Crippen MR) is 53.7 cm³/mol. The van der Waals surface area contributed by atoms with E-state index < -0.39 is 36.2 Å². The van der Waals surface area contributed by atoms with Crippen LogP contribution in [0.4, 0.5) is 23.2 Å². The molecule has 0 aliphatic rings. The normalized spacial score (nSPS) is 10.7. The molecule has 0 saturated heterocycles. The van der Waals surface area contributed by atoms with Gasteiger partial charge in [-0.3, -0.25) is 4.79 Å². The van der Waals surface area contributed by atoms with E-state index in [2.05, 4.69) is 0 Å². The number of alkyl halides is 2. The molecule has 1 amide bonds. The molecule has 0 aliphatic carbocycles. The Kier molecular flexibility index (Phi) is 3.93. The molecule has 1 aromatic carbocycles. The van der Waals surface area contributed by atoms with Crippen LogP contribution in [-0.2, 0) is 0 Å². The predicted octanol–water partition coefficient (Wildman–Crippen LogP) is 1.88. The second-order valence-electron chi connectivity index (χ2n) is 3.43. The lowest BCUT2D eigenvalue weighted by Crippen LogP contribution is -2.31. The second-order valence-corrected chi connectivity index (χ2v) is 3.43. The van der Waals surface area contributed by atoms with Crippen LogP contribution in [0.3, 0.4) is 0 Å². The molecule has 0 aliphatic heterocycles. The summed E-state index contributed by atoms with van der Waals surface area (Å²) in [6.45, 7) is -0.813. The molecule has 0 aromatic heterocycles. The van der Waals surface area contributed by atoms with E-state index in [-0.39, 0.29) is 5.56 Å². The first-order valence-corrected chi connectivity index (χ1v) is 4.61. The van der Waals surface area contributed by atoms with Crippen LogP contribution in [0.5, 0.6) is 0 Å². The van der Waals surface area contributed by atoms with Gasteiger partial charge in [-0.1, -0.05) is 0 Å². The van der Waals surface area contributed by atoms with Crippen LogP contribution in [0.1, 0.15) is 10.4 Å². The number of nitrogens with two attached hydrogens (primary N) is 1. The molecule has 0 atom stereocenters. The van der Waals surface area contributed by atoms with Crippen LogP contribution in [0.25, 0.3) is 0 Å². The molecule has 7 heteroatoms. The molecule has 0 heterocycles. The van der Waals surface area contributed by atoms with E-state index in [1.807, 2.05) is 0 Å². The highest BCUT2D eigenvalue weighted by molar-refractivity contribution is 5.94. The number of hydrogen-bond donors (Lipinski definition) is 1. The first-order chi connectivity index (χ1) is 7.82. The molecular formula is C10H10F4N2O. The van der Waals surface area contributed by atoms with E-state index in [1.54, 1.807) is 0 Å². The fourth-order valence-electron chi connectivity index (χ4n) is 1.22. The number of rotatable bonds is 3. The first kappa shape index (κ1) is 13.3. The summed E-state index contributed by atoms with van der Waals surface area (Å²) in [4.78, 5) is 12.2. The summed E-state index contributed by atoms with van der Waals surface area (Å²) in [6.07, 6.45) is -2.72. The third-order valence-corrected chi connectivity index (χ3v) is 2.08. The zero-order valence-electron chi connectivity index (χ0n) is 8.88. The van der Waals surface area contributed by atoms with Gasteiger partial charge in [-0.15, -0.1) is 0 Å². The molecule has 0 fully saturated rings. The summed E-state index contributed by atoms with van der Waals surface area (Å²) in [5, 5.41) is 0. The maximum absolute atomic E-state index is 13.0. The van der Waals surface area contributed by atoms with Crippen molar-refractivity contribution in [2.75, 3.05) is 19.3 Å². The van der Waals surface area contributed by atoms with Gasteiger partial charge < -0.3 is 10.6 Å². The van der Waals surface area contributed by atoms with Gasteiger partial charge in [0, 0.05) is 12.6 Å². The number of halogens is 4. The topological polar surface area (TPSA) is 46.3 Å². The SMILES string of the molecule is CN(CC(F)F)C(=O)c1cc(F)c(N)c(F)c1. The maximum atomic E-state index is 13.0. The van der Waals surface area contributed by atoms with Gasteiger partial charge >= 0.3 is 0 Å². The zero-order valence-corrected chi connectivity index (χ0v) is 8.88. The summed E-state index contributed by atoms with van der Waals surface area (Å²) in [7, 11) is 1.11. The molecule has 0 saturated carbocycles. The lowest BCUT2D eigenvalue weighted by Gasteiger charge is -2.16. The standard InChI is InChI=1S/C10H10F4N2O/c1-16(4-8(13)14)10(17)5-2-6(11)9(15)7(12)3-5/h2-3,8H,4,15H2,1H3. The zero-order chi connectivity index (χ0) is 13.2. The van der Waals surface area contributed by atoms with Crippen molar-refractivity contribution in [2.45, 2.75) is 6.43 Å².